The van der Waals surface area contributed by atoms with Gasteiger partial charge < -0.3 is 24.5 Å². The number of aliphatic hydroxyl groups excluding tert-OH is 1. The predicted molar refractivity (Wildman–Crippen MR) is 140 cm³/mol. The third-order valence-electron chi connectivity index (χ3n) is 8.52. The highest BCUT2D eigenvalue weighted by molar-refractivity contribution is 6.06. The van der Waals surface area contributed by atoms with Crippen molar-refractivity contribution in [1.29, 1.82) is 0 Å². The quantitative estimate of drug-likeness (QED) is 0.472. The van der Waals surface area contributed by atoms with Gasteiger partial charge >= 0.3 is 0 Å². The number of ether oxygens (including phenoxy) is 1. The normalized spacial score (nSPS) is 32.9. The van der Waals surface area contributed by atoms with Crippen LogP contribution in [0.3, 0.4) is 0 Å². The molecule has 37 heavy (non-hydrogen) atoms. The minimum atomic E-state index is -1.24. The van der Waals surface area contributed by atoms with E-state index in [4.69, 9.17) is 4.74 Å². The third kappa shape index (κ3) is 3.84. The minimum absolute atomic E-state index is 0.0860. The lowest BCUT2D eigenvalue weighted by molar-refractivity contribution is -0.148. The first-order valence-corrected chi connectivity index (χ1v) is 13.3. The van der Waals surface area contributed by atoms with Crippen molar-refractivity contribution in [1.82, 2.24) is 9.80 Å². The number of benzene rings is 1. The fourth-order valence-electron chi connectivity index (χ4n) is 6.89. The molecule has 1 aromatic rings. The number of aryl methyl sites for hydroxylation is 2. The summed E-state index contributed by atoms with van der Waals surface area (Å²) in [6, 6.07) is 5.06. The van der Waals surface area contributed by atoms with Gasteiger partial charge in [-0.2, -0.15) is 0 Å². The molecule has 0 aromatic heterocycles. The molecule has 3 amide bonds. The number of unbranched alkanes of at least 4 members (excludes halogenated alkanes) is 2. The second-order valence-corrected chi connectivity index (χ2v) is 11.0. The van der Waals surface area contributed by atoms with Crippen LogP contribution >= 0.6 is 0 Å². The maximum absolute atomic E-state index is 14.5. The molecule has 4 heterocycles. The summed E-state index contributed by atoms with van der Waals surface area (Å²) in [6.45, 7) is 7.10. The van der Waals surface area contributed by atoms with Crippen molar-refractivity contribution in [3.8, 4) is 0 Å². The van der Waals surface area contributed by atoms with Crippen molar-refractivity contribution >= 4 is 23.4 Å². The van der Waals surface area contributed by atoms with Crippen molar-refractivity contribution in [2.45, 2.75) is 57.3 Å². The van der Waals surface area contributed by atoms with Crippen LogP contribution in [0.1, 0.15) is 37.3 Å². The number of hydrogen-bond acceptors (Lipinski definition) is 5. The number of hydrogen-bond donors (Lipinski definition) is 1. The van der Waals surface area contributed by atoms with Gasteiger partial charge in [0.15, 0.2) is 0 Å². The second kappa shape index (κ2) is 9.40. The van der Waals surface area contributed by atoms with Crippen LogP contribution in [0.15, 0.2) is 42.5 Å². The van der Waals surface area contributed by atoms with E-state index in [0.717, 1.165) is 23.2 Å². The average molecular weight is 508 g/mol. The van der Waals surface area contributed by atoms with Crippen LogP contribution in [-0.2, 0) is 19.1 Å². The zero-order valence-electron chi connectivity index (χ0n) is 22.1. The Balaban J connectivity index is 1.63. The molecule has 5 rings (SSSR count). The lowest BCUT2D eigenvalue weighted by Crippen LogP contribution is -2.56. The van der Waals surface area contributed by atoms with Gasteiger partial charge in [0.1, 0.15) is 11.6 Å². The molecule has 1 N–H and O–H groups in total. The minimum Gasteiger partial charge on any atom is -0.396 e. The first-order chi connectivity index (χ1) is 17.7. The molecule has 0 bridgehead atoms. The Morgan fingerprint density at radius 1 is 0.946 bits per heavy atom. The maximum Gasteiger partial charge on any atom is 0.253 e. The van der Waals surface area contributed by atoms with Gasteiger partial charge in [-0.1, -0.05) is 42.5 Å². The number of para-hydroxylation sites is 1. The number of anilines is 1. The average Bonchev–Trinajstić information content (AvgIpc) is 3.12. The highest BCUT2D eigenvalue weighted by Gasteiger charge is 2.74. The molecule has 1 aromatic carbocycles. The van der Waals surface area contributed by atoms with Crippen LogP contribution in [0.25, 0.3) is 0 Å². The van der Waals surface area contributed by atoms with Gasteiger partial charge in [-0.25, -0.2) is 0 Å². The van der Waals surface area contributed by atoms with Crippen LogP contribution in [0.2, 0.25) is 0 Å². The van der Waals surface area contributed by atoms with E-state index in [1.807, 2.05) is 63.3 Å². The molecule has 4 aliphatic rings. The van der Waals surface area contributed by atoms with Gasteiger partial charge in [0, 0.05) is 39.0 Å². The first-order valence-electron chi connectivity index (χ1n) is 13.3. The fraction of sp³-hybridized carbons (Fsp3) is 0.552. The van der Waals surface area contributed by atoms with Crippen molar-refractivity contribution in [3.63, 3.8) is 0 Å². The zero-order chi connectivity index (χ0) is 26.5. The van der Waals surface area contributed by atoms with Gasteiger partial charge in [0.05, 0.1) is 17.4 Å². The number of fused-ring (bicyclic) bond motifs is 2. The molecule has 4 aliphatic heterocycles. The number of nitrogens with zero attached hydrogens (tertiary/aromatic N) is 3. The standard InChI is InChI=1S/C29H37N3O5/c1-19-11-8-12-20(2)23(19)31-17-10-14-29-22(21-25(34)30(4)15-9-13-28(21,3)37-29)26(35)32(24(29)27(31)36)16-6-5-7-18-33/h8-14,21-22,24,33H,5-7,15-18H2,1-4H3/t21-,22-,24?,28+,29-/m0/s1. The zero-order valence-corrected chi connectivity index (χ0v) is 22.1. The molecule has 0 radical (unpaired) electrons. The Bertz CT molecular complexity index is 1160. The highest BCUT2D eigenvalue weighted by Crippen LogP contribution is 2.57. The SMILES string of the molecule is Cc1cccc(C)c1N1CC=C[C@]23O[C@]4(C)C=CCN(C)C(=O)[C@@H]4[C@H]2C(=O)N(CCCCCO)C3C1=O. The number of carbonyl (C=O) groups is 3. The molecule has 2 fully saturated rings. The van der Waals surface area contributed by atoms with Crippen LogP contribution in [-0.4, -0.2) is 83.2 Å². The van der Waals surface area contributed by atoms with E-state index >= 15 is 0 Å². The number of rotatable bonds is 6. The van der Waals surface area contributed by atoms with Crippen molar-refractivity contribution in [2.75, 3.05) is 38.2 Å². The Morgan fingerprint density at radius 3 is 2.35 bits per heavy atom. The summed E-state index contributed by atoms with van der Waals surface area (Å²) in [5.74, 6) is -2.05. The Kier molecular flexibility index (Phi) is 6.52. The second-order valence-electron chi connectivity index (χ2n) is 11.0. The summed E-state index contributed by atoms with van der Waals surface area (Å²) < 4.78 is 6.82. The number of carbonyl (C=O) groups excluding carboxylic acids is 3. The van der Waals surface area contributed by atoms with Gasteiger partial charge in [-0.3, -0.25) is 14.4 Å². The topological polar surface area (TPSA) is 90.4 Å². The lowest BCUT2D eigenvalue weighted by Gasteiger charge is -2.38. The molecule has 198 valence electrons. The highest BCUT2D eigenvalue weighted by atomic mass is 16.5. The van der Waals surface area contributed by atoms with Crippen molar-refractivity contribution < 1.29 is 24.2 Å². The largest absolute Gasteiger partial charge is 0.396 e. The molecule has 0 aliphatic carbocycles. The van der Waals surface area contributed by atoms with E-state index < -0.39 is 29.1 Å². The Hall–Kier alpha value is -2.97. The van der Waals surface area contributed by atoms with E-state index in [0.29, 0.717) is 32.5 Å². The van der Waals surface area contributed by atoms with E-state index in [1.165, 1.54) is 0 Å². The Labute approximate surface area is 218 Å². The molecule has 8 heteroatoms. The lowest BCUT2D eigenvalue weighted by atomic mass is 9.74. The van der Waals surface area contributed by atoms with Crippen molar-refractivity contribution in [3.05, 3.63) is 53.6 Å². The van der Waals surface area contributed by atoms with E-state index in [9.17, 15) is 19.5 Å². The monoisotopic (exact) mass is 507 g/mol. The summed E-state index contributed by atoms with van der Waals surface area (Å²) in [7, 11) is 1.74. The molecule has 0 saturated carbocycles. The Morgan fingerprint density at radius 2 is 1.65 bits per heavy atom. The van der Waals surface area contributed by atoms with Crippen molar-refractivity contribution in [2.24, 2.45) is 11.8 Å². The maximum atomic E-state index is 14.5. The molecular formula is C29H37N3O5. The van der Waals surface area contributed by atoms with Gasteiger partial charge in [-0.05, 0) is 51.2 Å². The third-order valence-corrected chi connectivity index (χ3v) is 8.52. The van der Waals surface area contributed by atoms with Gasteiger partial charge in [0.2, 0.25) is 11.8 Å². The smallest absolute Gasteiger partial charge is 0.253 e. The van der Waals surface area contributed by atoms with Crippen LogP contribution < -0.4 is 4.90 Å². The van der Waals surface area contributed by atoms with Gasteiger partial charge in [-0.15, -0.1) is 0 Å². The number of likely N-dealkylation sites (tertiary alicyclic amines) is 1. The van der Waals surface area contributed by atoms with E-state index in [2.05, 4.69) is 0 Å². The summed E-state index contributed by atoms with van der Waals surface area (Å²) in [5.41, 5.74) is 0.574. The number of aliphatic hydroxyl groups is 1. The molecule has 5 atom stereocenters. The fourth-order valence-corrected chi connectivity index (χ4v) is 6.89. The number of amides is 3. The molecule has 2 saturated heterocycles. The first kappa shape index (κ1) is 25.7. The summed E-state index contributed by atoms with van der Waals surface area (Å²) in [4.78, 5) is 47.4. The summed E-state index contributed by atoms with van der Waals surface area (Å²) in [6.07, 6.45) is 9.64. The van der Waals surface area contributed by atoms with E-state index in [-0.39, 0.29) is 24.3 Å². The summed E-state index contributed by atoms with van der Waals surface area (Å²) >= 11 is 0. The summed E-state index contributed by atoms with van der Waals surface area (Å²) in [5, 5.41) is 9.24. The number of likely N-dealkylation sites (N-methyl/N-ethyl adjacent to an activating group) is 1. The van der Waals surface area contributed by atoms with Crippen LogP contribution in [0.4, 0.5) is 5.69 Å². The van der Waals surface area contributed by atoms with Crippen LogP contribution in [0, 0.1) is 25.7 Å². The van der Waals surface area contributed by atoms with Crippen LogP contribution in [0.5, 0.6) is 0 Å². The molecule has 1 unspecified atom stereocenters. The van der Waals surface area contributed by atoms with Gasteiger partial charge in [0.25, 0.3) is 5.91 Å². The molecule has 1 spiro atoms. The molecular weight excluding hydrogens is 470 g/mol. The predicted octanol–water partition coefficient (Wildman–Crippen LogP) is 2.37. The molecule has 8 nitrogen and oxygen atoms in total. The van der Waals surface area contributed by atoms with E-state index in [1.54, 1.807) is 21.7 Å².